The number of allylic oxidation sites excluding steroid dienone is 3. The maximum atomic E-state index is 3.41. The van der Waals surface area contributed by atoms with Crippen LogP contribution in [-0.2, 0) is 0 Å². The molecule has 1 aliphatic carbocycles. The van der Waals surface area contributed by atoms with Gasteiger partial charge in [0.05, 0.1) is 0 Å². The molecule has 0 amide bonds. The van der Waals surface area contributed by atoms with E-state index in [-0.39, 0.29) is 0 Å². The van der Waals surface area contributed by atoms with Crippen molar-refractivity contribution in [3.05, 3.63) is 23.4 Å². The Kier molecular flexibility index (Phi) is 1.50. The zero-order valence-electron chi connectivity index (χ0n) is 6.19. The van der Waals surface area contributed by atoms with Gasteiger partial charge >= 0.3 is 0 Å². The molecule has 2 rings (SSSR count). The number of dihydropyridines is 1. The van der Waals surface area contributed by atoms with Gasteiger partial charge in [0.2, 0.25) is 0 Å². The molecule has 0 atom stereocenters. The van der Waals surface area contributed by atoms with Crippen molar-refractivity contribution in [2.75, 3.05) is 6.54 Å². The van der Waals surface area contributed by atoms with Gasteiger partial charge in [-0.05, 0) is 31.3 Å². The van der Waals surface area contributed by atoms with Gasteiger partial charge < -0.3 is 5.32 Å². The molecule has 0 bridgehead atoms. The van der Waals surface area contributed by atoms with Crippen molar-refractivity contribution in [1.29, 1.82) is 0 Å². The molecule has 0 spiro atoms. The average Bonchev–Trinajstić information content (AvgIpc) is 2.05. The molecule has 0 saturated carbocycles. The van der Waals surface area contributed by atoms with Crippen LogP contribution in [0.25, 0.3) is 0 Å². The van der Waals surface area contributed by atoms with Crippen LogP contribution in [0.5, 0.6) is 0 Å². The topological polar surface area (TPSA) is 12.0 Å². The molecule has 10 heavy (non-hydrogen) atoms. The number of hydrogen-bond donors (Lipinski definition) is 1. The smallest absolute Gasteiger partial charge is 0.0331 e. The van der Waals surface area contributed by atoms with Gasteiger partial charge in [-0.1, -0.05) is 12.2 Å². The van der Waals surface area contributed by atoms with Crippen molar-refractivity contribution in [2.45, 2.75) is 25.7 Å². The van der Waals surface area contributed by atoms with E-state index in [0.29, 0.717) is 0 Å². The fourth-order valence-corrected chi connectivity index (χ4v) is 1.70. The first-order valence-corrected chi connectivity index (χ1v) is 4.09. The lowest BCUT2D eigenvalue weighted by Gasteiger charge is -2.22. The first-order chi connectivity index (χ1) is 4.97. The van der Waals surface area contributed by atoms with Gasteiger partial charge in [0, 0.05) is 12.2 Å². The third kappa shape index (κ3) is 0.962. The molecule has 1 nitrogen and oxygen atoms in total. The highest BCUT2D eigenvalue weighted by Gasteiger charge is 2.11. The van der Waals surface area contributed by atoms with Crippen LogP contribution in [0.15, 0.2) is 23.4 Å². The van der Waals surface area contributed by atoms with Crippen molar-refractivity contribution in [1.82, 2.24) is 5.32 Å². The second-order valence-corrected chi connectivity index (χ2v) is 2.99. The van der Waals surface area contributed by atoms with Crippen LogP contribution in [0.3, 0.4) is 0 Å². The third-order valence-corrected chi connectivity index (χ3v) is 2.26. The largest absolute Gasteiger partial charge is 0.385 e. The first-order valence-electron chi connectivity index (χ1n) is 4.09. The highest BCUT2D eigenvalue weighted by Crippen LogP contribution is 2.25. The zero-order chi connectivity index (χ0) is 6.81. The van der Waals surface area contributed by atoms with Crippen LogP contribution in [0.1, 0.15) is 25.7 Å². The monoisotopic (exact) mass is 135 g/mol. The molecule has 0 aromatic rings. The van der Waals surface area contributed by atoms with Crippen LogP contribution in [0.2, 0.25) is 0 Å². The molecule has 2 aliphatic rings. The minimum atomic E-state index is 1.04. The molecule has 1 aliphatic heterocycles. The summed E-state index contributed by atoms with van der Waals surface area (Å²) < 4.78 is 0. The quantitative estimate of drug-likeness (QED) is 0.535. The normalized spacial score (nSPS) is 24.0. The van der Waals surface area contributed by atoms with Crippen molar-refractivity contribution in [2.24, 2.45) is 0 Å². The summed E-state index contributed by atoms with van der Waals surface area (Å²) >= 11 is 0. The minimum Gasteiger partial charge on any atom is -0.385 e. The average molecular weight is 135 g/mol. The van der Waals surface area contributed by atoms with Crippen molar-refractivity contribution in [3.8, 4) is 0 Å². The first kappa shape index (κ1) is 6.02. The maximum absolute atomic E-state index is 3.41. The molecule has 0 unspecified atom stereocenters. The summed E-state index contributed by atoms with van der Waals surface area (Å²) in [7, 11) is 0. The molecule has 0 aromatic carbocycles. The third-order valence-electron chi connectivity index (χ3n) is 2.26. The zero-order valence-corrected chi connectivity index (χ0v) is 6.19. The van der Waals surface area contributed by atoms with Crippen LogP contribution in [0, 0.1) is 0 Å². The number of rotatable bonds is 0. The Morgan fingerprint density at radius 2 is 2.10 bits per heavy atom. The van der Waals surface area contributed by atoms with E-state index in [0.717, 1.165) is 6.54 Å². The predicted molar refractivity (Wildman–Crippen MR) is 42.6 cm³/mol. The van der Waals surface area contributed by atoms with E-state index in [1.165, 1.54) is 31.4 Å². The Morgan fingerprint density at radius 3 is 3.00 bits per heavy atom. The lowest BCUT2D eigenvalue weighted by Crippen LogP contribution is -2.20. The van der Waals surface area contributed by atoms with Gasteiger partial charge in [0.25, 0.3) is 0 Å². The fraction of sp³-hybridized carbons (Fsp3) is 0.556. The van der Waals surface area contributed by atoms with E-state index < -0.39 is 0 Å². The SMILES string of the molecule is C1=CC2=C(CCCC2)NC1. The van der Waals surface area contributed by atoms with E-state index in [9.17, 15) is 0 Å². The van der Waals surface area contributed by atoms with E-state index in [2.05, 4.69) is 17.5 Å². The molecule has 0 radical (unpaired) electrons. The molecule has 0 aromatic heterocycles. The highest BCUT2D eigenvalue weighted by molar-refractivity contribution is 5.30. The fourth-order valence-electron chi connectivity index (χ4n) is 1.70. The second kappa shape index (κ2) is 2.49. The summed E-state index contributed by atoms with van der Waals surface area (Å²) in [5.74, 6) is 0. The predicted octanol–water partition coefficient (Wildman–Crippen LogP) is 1.97. The van der Waals surface area contributed by atoms with E-state index in [1.807, 2.05) is 0 Å². The van der Waals surface area contributed by atoms with Gasteiger partial charge in [0.15, 0.2) is 0 Å². The Labute approximate surface area is 61.8 Å². The van der Waals surface area contributed by atoms with Gasteiger partial charge in [-0.15, -0.1) is 0 Å². The van der Waals surface area contributed by atoms with Crippen molar-refractivity contribution < 1.29 is 0 Å². The number of hydrogen-bond acceptors (Lipinski definition) is 1. The number of nitrogens with one attached hydrogen (secondary N) is 1. The summed E-state index contributed by atoms with van der Waals surface area (Å²) in [5.41, 5.74) is 3.06. The lowest BCUT2D eigenvalue weighted by atomic mass is 9.94. The van der Waals surface area contributed by atoms with Crippen LogP contribution < -0.4 is 5.32 Å². The molecule has 1 N–H and O–H groups in total. The molecular weight excluding hydrogens is 122 g/mol. The second-order valence-electron chi connectivity index (χ2n) is 2.99. The maximum Gasteiger partial charge on any atom is 0.0331 e. The lowest BCUT2D eigenvalue weighted by molar-refractivity contribution is 0.631. The van der Waals surface area contributed by atoms with E-state index >= 15 is 0 Å². The van der Waals surface area contributed by atoms with E-state index in [4.69, 9.17) is 0 Å². The van der Waals surface area contributed by atoms with Gasteiger partial charge in [-0.25, -0.2) is 0 Å². The Bertz CT molecular complexity index is 189. The summed E-state index contributed by atoms with van der Waals surface area (Å²) in [6.45, 7) is 1.04. The van der Waals surface area contributed by atoms with Crippen LogP contribution in [-0.4, -0.2) is 6.54 Å². The van der Waals surface area contributed by atoms with Crippen molar-refractivity contribution >= 4 is 0 Å². The molecule has 1 heterocycles. The molecule has 0 fully saturated rings. The Hall–Kier alpha value is -0.720. The van der Waals surface area contributed by atoms with E-state index in [1.54, 1.807) is 5.57 Å². The summed E-state index contributed by atoms with van der Waals surface area (Å²) in [6, 6.07) is 0. The summed E-state index contributed by atoms with van der Waals surface area (Å²) in [6.07, 6.45) is 9.82. The Morgan fingerprint density at radius 1 is 1.20 bits per heavy atom. The molecular formula is C9H13N. The molecule has 1 heteroatoms. The van der Waals surface area contributed by atoms with Crippen LogP contribution in [0.4, 0.5) is 0 Å². The standard InChI is InChI=1S/C9H13N/c1-2-6-9-8(4-1)5-3-7-10-9/h3,5,10H,1-2,4,6-7H2. The Balaban J connectivity index is 2.23. The highest BCUT2D eigenvalue weighted by atomic mass is 14.9. The minimum absolute atomic E-state index is 1.04. The van der Waals surface area contributed by atoms with Gasteiger partial charge in [-0.3, -0.25) is 0 Å². The summed E-state index contributed by atoms with van der Waals surface area (Å²) in [5, 5.41) is 3.41. The van der Waals surface area contributed by atoms with Gasteiger partial charge in [0.1, 0.15) is 0 Å². The van der Waals surface area contributed by atoms with Crippen LogP contribution >= 0.6 is 0 Å². The van der Waals surface area contributed by atoms with Gasteiger partial charge in [-0.2, -0.15) is 0 Å². The molecule has 0 saturated heterocycles. The van der Waals surface area contributed by atoms with Crippen molar-refractivity contribution in [3.63, 3.8) is 0 Å². The summed E-state index contributed by atoms with van der Waals surface area (Å²) in [4.78, 5) is 0. The molecule has 54 valence electrons.